The summed E-state index contributed by atoms with van der Waals surface area (Å²) < 4.78 is 18.0. The zero-order valence-corrected chi connectivity index (χ0v) is 7.50. The molecule has 1 aliphatic rings. The van der Waals surface area contributed by atoms with Crippen molar-refractivity contribution in [2.24, 2.45) is 5.73 Å². The van der Waals surface area contributed by atoms with Crippen LogP contribution in [0.1, 0.15) is 11.6 Å². The largest absolute Gasteiger partial charge is 0.494 e. The van der Waals surface area contributed by atoms with Crippen molar-refractivity contribution in [1.82, 2.24) is 0 Å². The molecule has 1 aliphatic heterocycles. The van der Waals surface area contributed by atoms with Crippen molar-refractivity contribution >= 4 is 11.6 Å². The number of benzene rings is 1. The number of methoxy groups -OCH3 is 1. The summed E-state index contributed by atoms with van der Waals surface area (Å²) in [6, 6.07) is 1.63. The van der Waals surface area contributed by atoms with E-state index in [4.69, 9.17) is 10.5 Å². The van der Waals surface area contributed by atoms with E-state index >= 15 is 0 Å². The smallest absolute Gasteiger partial charge is 0.246 e. The minimum absolute atomic E-state index is 0.293. The Morgan fingerprint density at radius 3 is 2.93 bits per heavy atom. The third-order valence-electron chi connectivity index (χ3n) is 2.18. The van der Waals surface area contributed by atoms with Crippen LogP contribution in [-0.4, -0.2) is 13.0 Å². The first kappa shape index (κ1) is 8.96. The van der Waals surface area contributed by atoms with Crippen molar-refractivity contribution in [3.63, 3.8) is 0 Å². The van der Waals surface area contributed by atoms with Crippen molar-refractivity contribution in [3.05, 3.63) is 23.5 Å². The van der Waals surface area contributed by atoms with Gasteiger partial charge < -0.3 is 15.8 Å². The fourth-order valence-electron chi connectivity index (χ4n) is 1.48. The molecule has 0 saturated carbocycles. The van der Waals surface area contributed by atoms with Crippen molar-refractivity contribution < 1.29 is 13.9 Å². The normalized spacial score (nSPS) is 19.1. The van der Waals surface area contributed by atoms with E-state index in [1.54, 1.807) is 0 Å². The number of halogens is 1. The summed E-state index contributed by atoms with van der Waals surface area (Å²) >= 11 is 0. The minimum Gasteiger partial charge on any atom is -0.494 e. The summed E-state index contributed by atoms with van der Waals surface area (Å²) in [6.45, 7) is 0. The molecule has 0 fully saturated rings. The monoisotopic (exact) mass is 196 g/mol. The number of anilines is 1. The van der Waals surface area contributed by atoms with E-state index in [9.17, 15) is 9.18 Å². The van der Waals surface area contributed by atoms with Gasteiger partial charge in [-0.25, -0.2) is 4.39 Å². The Hall–Kier alpha value is -1.62. The molecule has 0 aliphatic carbocycles. The lowest BCUT2D eigenvalue weighted by atomic mass is 10.1. The van der Waals surface area contributed by atoms with Gasteiger partial charge in [-0.3, -0.25) is 4.79 Å². The van der Waals surface area contributed by atoms with E-state index in [-0.39, 0.29) is 5.91 Å². The zero-order valence-electron chi connectivity index (χ0n) is 7.50. The quantitative estimate of drug-likeness (QED) is 0.697. The Kier molecular flexibility index (Phi) is 1.89. The SMILES string of the molecule is COc1cc(F)cc2c1NC(=O)C2N. The van der Waals surface area contributed by atoms with E-state index in [0.717, 1.165) is 0 Å². The molecule has 14 heavy (non-hydrogen) atoms. The predicted octanol–water partition coefficient (Wildman–Crippen LogP) is 0.786. The number of ether oxygens (including phenoxy) is 1. The maximum absolute atomic E-state index is 13.0. The predicted molar refractivity (Wildman–Crippen MR) is 48.5 cm³/mol. The molecule has 5 heteroatoms. The van der Waals surface area contributed by atoms with E-state index in [1.165, 1.54) is 19.2 Å². The first-order valence-electron chi connectivity index (χ1n) is 4.07. The third-order valence-corrected chi connectivity index (χ3v) is 2.18. The van der Waals surface area contributed by atoms with E-state index in [1.807, 2.05) is 0 Å². The highest BCUT2D eigenvalue weighted by atomic mass is 19.1. The van der Waals surface area contributed by atoms with Crippen molar-refractivity contribution in [3.8, 4) is 5.75 Å². The molecular weight excluding hydrogens is 187 g/mol. The summed E-state index contributed by atoms with van der Waals surface area (Å²) in [5, 5.41) is 2.54. The molecule has 1 aromatic carbocycles. The number of nitrogens with two attached hydrogens (primary N) is 1. The van der Waals surface area contributed by atoms with Gasteiger partial charge in [0.2, 0.25) is 5.91 Å². The lowest BCUT2D eigenvalue weighted by Gasteiger charge is -2.06. The lowest BCUT2D eigenvalue weighted by Crippen LogP contribution is -2.19. The van der Waals surface area contributed by atoms with Gasteiger partial charge in [-0.2, -0.15) is 0 Å². The summed E-state index contributed by atoms with van der Waals surface area (Å²) in [5.41, 5.74) is 6.45. The highest BCUT2D eigenvalue weighted by molar-refractivity contribution is 6.04. The van der Waals surface area contributed by atoms with Crippen LogP contribution in [0.3, 0.4) is 0 Å². The maximum Gasteiger partial charge on any atom is 0.246 e. The Bertz CT molecular complexity index is 406. The standard InChI is InChI=1S/C9H9FN2O2/c1-14-6-3-4(10)2-5-7(11)9(13)12-8(5)6/h2-3,7H,11H2,1H3,(H,12,13). The maximum atomic E-state index is 13.0. The first-order valence-corrected chi connectivity index (χ1v) is 4.07. The molecule has 1 amide bonds. The minimum atomic E-state index is -0.811. The van der Waals surface area contributed by atoms with Gasteiger partial charge in [0.1, 0.15) is 17.6 Å². The van der Waals surface area contributed by atoms with Gasteiger partial charge >= 0.3 is 0 Å². The van der Waals surface area contributed by atoms with Crippen molar-refractivity contribution in [2.45, 2.75) is 6.04 Å². The van der Waals surface area contributed by atoms with Gasteiger partial charge in [0.25, 0.3) is 0 Å². The molecule has 0 bridgehead atoms. The highest BCUT2D eigenvalue weighted by Crippen LogP contribution is 2.37. The van der Waals surface area contributed by atoms with Crippen LogP contribution in [0.5, 0.6) is 5.75 Å². The fraction of sp³-hybridized carbons (Fsp3) is 0.222. The Morgan fingerprint density at radius 1 is 1.57 bits per heavy atom. The van der Waals surface area contributed by atoms with Gasteiger partial charge in [0, 0.05) is 11.6 Å². The van der Waals surface area contributed by atoms with Gasteiger partial charge in [0.15, 0.2) is 0 Å². The molecular formula is C9H9FN2O2. The molecule has 0 spiro atoms. The molecule has 0 radical (unpaired) electrons. The van der Waals surface area contributed by atoms with Crippen LogP contribution in [0, 0.1) is 5.82 Å². The van der Waals surface area contributed by atoms with Crippen molar-refractivity contribution in [2.75, 3.05) is 12.4 Å². The van der Waals surface area contributed by atoms with Crippen LogP contribution >= 0.6 is 0 Å². The fourth-order valence-corrected chi connectivity index (χ4v) is 1.48. The lowest BCUT2D eigenvalue weighted by molar-refractivity contribution is -0.116. The zero-order chi connectivity index (χ0) is 10.3. The number of carbonyl (C=O) groups excluding carboxylic acids is 1. The number of fused-ring (bicyclic) bond motifs is 1. The molecule has 74 valence electrons. The number of carbonyl (C=O) groups is 1. The second-order valence-corrected chi connectivity index (χ2v) is 3.04. The second kappa shape index (κ2) is 2.95. The highest BCUT2D eigenvalue weighted by Gasteiger charge is 2.30. The summed E-state index contributed by atoms with van der Waals surface area (Å²) in [7, 11) is 1.41. The van der Waals surface area contributed by atoms with Gasteiger partial charge in [-0.1, -0.05) is 0 Å². The van der Waals surface area contributed by atoms with Gasteiger partial charge in [-0.15, -0.1) is 0 Å². The van der Waals surface area contributed by atoms with Crippen molar-refractivity contribution in [1.29, 1.82) is 0 Å². The Balaban J connectivity index is 2.61. The summed E-state index contributed by atoms with van der Waals surface area (Å²) in [4.78, 5) is 11.2. The van der Waals surface area contributed by atoms with E-state index in [0.29, 0.717) is 17.0 Å². The van der Waals surface area contributed by atoms with Crippen LogP contribution in [0.2, 0.25) is 0 Å². The molecule has 1 aromatic rings. The van der Waals surface area contributed by atoms with Crippen LogP contribution < -0.4 is 15.8 Å². The van der Waals surface area contributed by atoms with Crippen LogP contribution in [0.15, 0.2) is 12.1 Å². The Labute approximate surface area is 79.9 Å². The molecule has 1 unspecified atom stereocenters. The molecule has 4 nitrogen and oxygen atoms in total. The summed E-state index contributed by atoms with van der Waals surface area (Å²) in [5.74, 6) is -0.516. The topological polar surface area (TPSA) is 64.3 Å². The van der Waals surface area contributed by atoms with Crippen LogP contribution in [0.4, 0.5) is 10.1 Å². The van der Waals surface area contributed by atoms with Crippen LogP contribution in [-0.2, 0) is 4.79 Å². The number of amides is 1. The molecule has 2 rings (SSSR count). The number of nitrogens with one attached hydrogen (secondary N) is 1. The number of rotatable bonds is 1. The number of hydrogen-bond acceptors (Lipinski definition) is 3. The third kappa shape index (κ3) is 1.13. The molecule has 1 heterocycles. The average molecular weight is 196 g/mol. The van der Waals surface area contributed by atoms with Crippen LogP contribution in [0.25, 0.3) is 0 Å². The summed E-state index contributed by atoms with van der Waals surface area (Å²) in [6.07, 6.45) is 0. The molecule has 1 atom stereocenters. The van der Waals surface area contributed by atoms with Gasteiger partial charge in [0.05, 0.1) is 12.8 Å². The molecule has 0 aromatic heterocycles. The molecule has 3 N–H and O–H groups in total. The van der Waals surface area contributed by atoms with E-state index in [2.05, 4.69) is 5.32 Å². The first-order chi connectivity index (χ1) is 6.63. The van der Waals surface area contributed by atoms with Gasteiger partial charge in [-0.05, 0) is 6.07 Å². The molecule has 0 saturated heterocycles. The Morgan fingerprint density at radius 2 is 2.29 bits per heavy atom. The number of hydrogen-bond donors (Lipinski definition) is 2. The average Bonchev–Trinajstić information content (AvgIpc) is 2.43. The van der Waals surface area contributed by atoms with E-state index < -0.39 is 11.9 Å². The second-order valence-electron chi connectivity index (χ2n) is 3.04.